The van der Waals surface area contributed by atoms with Crippen LogP contribution in [0.4, 0.5) is 18.0 Å². The lowest BCUT2D eigenvalue weighted by Gasteiger charge is -2.34. The summed E-state index contributed by atoms with van der Waals surface area (Å²) < 4.78 is 43.1. The molecular formula is C23H33F3N2O2. The summed E-state index contributed by atoms with van der Waals surface area (Å²) >= 11 is 0. The molecule has 1 fully saturated rings. The van der Waals surface area contributed by atoms with E-state index in [1.807, 2.05) is 6.08 Å². The van der Waals surface area contributed by atoms with Gasteiger partial charge < -0.3 is 15.0 Å². The molecule has 168 valence electrons. The summed E-state index contributed by atoms with van der Waals surface area (Å²) in [5.74, 6) is 0.831. The molecule has 7 heteroatoms. The van der Waals surface area contributed by atoms with Crippen LogP contribution in [0.2, 0.25) is 0 Å². The van der Waals surface area contributed by atoms with Crippen LogP contribution in [0.1, 0.15) is 56.9 Å². The number of hydrogen-bond donors (Lipinski definition) is 1. The fourth-order valence-corrected chi connectivity index (χ4v) is 3.92. The van der Waals surface area contributed by atoms with E-state index in [0.717, 1.165) is 50.9 Å². The number of hydrogen-bond acceptors (Lipinski definition) is 3. The van der Waals surface area contributed by atoms with E-state index in [1.165, 1.54) is 37.8 Å². The van der Waals surface area contributed by atoms with Crippen molar-refractivity contribution in [3.63, 3.8) is 0 Å². The number of rotatable bonds is 10. The molecule has 0 unspecified atom stereocenters. The number of carbonyl (C=O) groups excluding carboxylic acids is 1. The van der Waals surface area contributed by atoms with Gasteiger partial charge in [-0.2, -0.15) is 13.2 Å². The highest BCUT2D eigenvalue weighted by molar-refractivity contribution is 5.70. The minimum Gasteiger partial charge on any atom is -0.410 e. The zero-order chi connectivity index (χ0) is 22.0. The molecule has 1 aliphatic rings. The topological polar surface area (TPSA) is 41.6 Å². The molecule has 1 amide bonds. The number of ether oxygens (including phenoxy) is 1. The van der Waals surface area contributed by atoms with E-state index in [4.69, 9.17) is 4.74 Å². The SMILES string of the molecule is C=CCNCCCCCC1CCC(N(C)C(=O)Oc2ccc(C(F)(F)F)cc2)CC1. The van der Waals surface area contributed by atoms with Gasteiger partial charge in [-0.3, -0.25) is 0 Å². The molecule has 4 nitrogen and oxygen atoms in total. The molecule has 0 spiro atoms. The van der Waals surface area contributed by atoms with Gasteiger partial charge in [0, 0.05) is 19.6 Å². The van der Waals surface area contributed by atoms with Gasteiger partial charge in [0.05, 0.1) is 5.56 Å². The monoisotopic (exact) mass is 426 g/mol. The number of halogens is 3. The van der Waals surface area contributed by atoms with Gasteiger partial charge in [0.25, 0.3) is 0 Å². The van der Waals surface area contributed by atoms with Crippen molar-refractivity contribution in [2.75, 3.05) is 20.1 Å². The first-order valence-electron chi connectivity index (χ1n) is 10.7. The van der Waals surface area contributed by atoms with Gasteiger partial charge in [-0.1, -0.05) is 25.3 Å². The molecule has 1 aromatic rings. The molecule has 1 saturated carbocycles. The summed E-state index contributed by atoms with van der Waals surface area (Å²) in [5, 5.41) is 3.31. The zero-order valence-electron chi connectivity index (χ0n) is 17.7. The quantitative estimate of drug-likeness (QED) is 0.367. The second-order valence-corrected chi connectivity index (χ2v) is 8.02. The van der Waals surface area contributed by atoms with Crippen molar-refractivity contribution in [3.8, 4) is 5.75 Å². The number of amides is 1. The predicted octanol–water partition coefficient (Wildman–Crippen LogP) is 6.03. The molecule has 0 heterocycles. The van der Waals surface area contributed by atoms with Crippen LogP contribution in [0.25, 0.3) is 0 Å². The van der Waals surface area contributed by atoms with Gasteiger partial charge in [0.1, 0.15) is 5.75 Å². The molecule has 1 N–H and O–H groups in total. The highest BCUT2D eigenvalue weighted by Gasteiger charge is 2.31. The molecule has 0 bridgehead atoms. The van der Waals surface area contributed by atoms with Gasteiger partial charge in [-0.25, -0.2) is 4.79 Å². The van der Waals surface area contributed by atoms with Crippen molar-refractivity contribution < 1.29 is 22.7 Å². The second kappa shape index (κ2) is 12.0. The van der Waals surface area contributed by atoms with Gasteiger partial charge >= 0.3 is 12.3 Å². The summed E-state index contributed by atoms with van der Waals surface area (Å²) in [6.45, 7) is 5.58. The molecule has 0 radical (unpaired) electrons. The average molecular weight is 427 g/mol. The van der Waals surface area contributed by atoms with Crippen LogP contribution >= 0.6 is 0 Å². The third kappa shape index (κ3) is 8.01. The maximum atomic E-state index is 12.6. The van der Waals surface area contributed by atoms with Crippen molar-refractivity contribution in [3.05, 3.63) is 42.5 Å². The molecule has 1 aromatic carbocycles. The standard InChI is InChI=1S/C23H33F3N2O2/c1-3-16-27-17-6-4-5-7-18-8-12-20(13-9-18)28(2)22(29)30-21-14-10-19(11-15-21)23(24,25)26/h3,10-11,14-15,18,20,27H,1,4-9,12-13,16-17H2,2H3. The van der Waals surface area contributed by atoms with Crippen molar-refractivity contribution in [2.45, 2.75) is 63.6 Å². The van der Waals surface area contributed by atoms with Crippen molar-refractivity contribution in [2.24, 2.45) is 5.92 Å². The zero-order valence-corrected chi connectivity index (χ0v) is 17.7. The van der Waals surface area contributed by atoms with E-state index < -0.39 is 17.8 Å². The Balaban J connectivity index is 1.67. The molecule has 30 heavy (non-hydrogen) atoms. The lowest BCUT2D eigenvalue weighted by molar-refractivity contribution is -0.137. The first-order valence-corrected chi connectivity index (χ1v) is 10.7. The van der Waals surface area contributed by atoms with Crippen LogP contribution in [0.15, 0.2) is 36.9 Å². The molecule has 0 saturated heterocycles. The number of alkyl halides is 3. The Kier molecular flexibility index (Phi) is 9.69. The van der Waals surface area contributed by atoms with Crippen molar-refractivity contribution in [1.29, 1.82) is 0 Å². The van der Waals surface area contributed by atoms with Crippen LogP contribution in [-0.4, -0.2) is 37.2 Å². The van der Waals surface area contributed by atoms with Gasteiger partial charge in [-0.15, -0.1) is 6.58 Å². The van der Waals surface area contributed by atoms with Gasteiger partial charge in [-0.05, 0) is 68.8 Å². The number of nitrogens with zero attached hydrogens (tertiary/aromatic N) is 1. The highest BCUT2D eigenvalue weighted by atomic mass is 19.4. The lowest BCUT2D eigenvalue weighted by atomic mass is 9.82. The van der Waals surface area contributed by atoms with Gasteiger partial charge in [0.15, 0.2) is 0 Å². The molecule has 0 atom stereocenters. The summed E-state index contributed by atoms with van der Waals surface area (Å²) in [4.78, 5) is 13.9. The van der Waals surface area contributed by atoms with E-state index >= 15 is 0 Å². The smallest absolute Gasteiger partial charge is 0.410 e. The van der Waals surface area contributed by atoms with Crippen LogP contribution in [0, 0.1) is 5.92 Å². The first kappa shape index (κ1) is 24.3. The molecule has 1 aliphatic carbocycles. The fraction of sp³-hybridized carbons (Fsp3) is 0.609. The Morgan fingerprint density at radius 3 is 2.43 bits per heavy atom. The average Bonchev–Trinajstić information content (AvgIpc) is 2.73. The second-order valence-electron chi connectivity index (χ2n) is 8.02. The van der Waals surface area contributed by atoms with E-state index in [2.05, 4.69) is 11.9 Å². The van der Waals surface area contributed by atoms with E-state index in [-0.39, 0.29) is 11.8 Å². The molecular weight excluding hydrogens is 393 g/mol. The number of unbranched alkanes of at least 4 members (excludes halogenated alkanes) is 2. The summed E-state index contributed by atoms with van der Waals surface area (Å²) in [6.07, 6.45) is 5.87. The van der Waals surface area contributed by atoms with E-state index in [9.17, 15) is 18.0 Å². The Labute approximate surface area is 177 Å². The summed E-state index contributed by atoms with van der Waals surface area (Å²) in [5.41, 5.74) is -0.762. The Morgan fingerprint density at radius 2 is 1.83 bits per heavy atom. The Bertz CT molecular complexity index is 653. The van der Waals surface area contributed by atoms with Crippen LogP contribution in [0.3, 0.4) is 0 Å². The minimum absolute atomic E-state index is 0.117. The third-order valence-electron chi connectivity index (χ3n) is 5.79. The maximum absolute atomic E-state index is 12.6. The molecule has 0 aromatic heterocycles. The predicted molar refractivity (Wildman–Crippen MR) is 113 cm³/mol. The van der Waals surface area contributed by atoms with Gasteiger partial charge in [0.2, 0.25) is 0 Å². The largest absolute Gasteiger partial charge is 0.416 e. The minimum atomic E-state index is -4.40. The lowest BCUT2D eigenvalue weighted by Crippen LogP contribution is -2.41. The fourth-order valence-electron chi connectivity index (χ4n) is 3.92. The normalized spacial score (nSPS) is 19.3. The number of benzene rings is 1. The third-order valence-corrected chi connectivity index (χ3v) is 5.79. The van der Waals surface area contributed by atoms with Crippen LogP contribution in [-0.2, 0) is 6.18 Å². The van der Waals surface area contributed by atoms with E-state index in [0.29, 0.717) is 5.92 Å². The Morgan fingerprint density at radius 1 is 1.17 bits per heavy atom. The van der Waals surface area contributed by atoms with Crippen LogP contribution < -0.4 is 10.1 Å². The highest BCUT2D eigenvalue weighted by Crippen LogP contribution is 2.32. The summed E-state index contributed by atoms with van der Waals surface area (Å²) in [6, 6.07) is 4.31. The molecule has 0 aliphatic heterocycles. The maximum Gasteiger partial charge on any atom is 0.416 e. The van der Waals surface area contributed by atoms with Crippen LogP contribution in [0.5, 0.6) is 5.75 Å². The first-order chi connectivity index (χ1) is 14.3. The van der Waals surface area contributed by atoms with Crippen molar-refractivity contribution >= 4 is 6.09 Å². The number of carbonyl (C=O) groups is 1. The van der Waals surface area contributed by atoms with Crippen molar-refractivity contribution in [1.82, 2.24) is 10.2 Å². The van der Waals surface area contributed by atoms with E-state index in [1.54, 1.807) is 11.9 Å². The Hall–Kier alpha value is -2.02. The summed E-state index contributed by atoms with van der Waals surface area (Å²) in [7, 11) is 1.70. The molecule has 2 rings (SSSR count). The number of nitrogens with one attached hydrogen (secondary N) is 1.